The quantitative estimate of drug-likeness (QED) is 0.469. The predicted molar refractivity (Wildman–Crippen MR) is 130 cm³/mol. The Labute approximate surface area is 203 Å². The van der Waals surface area contributed by atoms with Gasteiger partial charge in [-0.3, -0.25) is 4.79 Å². The van der Waals surface area contributed by atoms with Crippen LogP contribution in [0.25, 0.3) is 0 Å². The Balaban J connectivity index is 1.80. The molecule has 1 heterocycles. The molecule has 2 amide bonds. The van der Waals surface area contributed by atoms with Crippen LogP contribution >= 0.6 is 15.9 Å². The molecule has 2 aromatic carbocycles. The molecule has 1 aliphatic rings. The lowest BCUT2D eigenvalue weighted by molar-refractivity contribution is 0.0521. The van der Waals surface area contributed by atoms with Crippen LogP contribution in [0.3, 0.4) is 0 Å². The number of nitrogens with one attached hydrogen (secondary N) is 1. The van der Waals surface area contributed by atoms with Crippen molar-refractivity contribution in [2.24, 2.45) is 0 Å². The number of rotatable bonds is 8. The minimum atomic E-state index is -0.548. The third kappa shape index (κ3) is 5.99. The van der Waals surface area contributed by atoms with Crippen molar-refractivity contribution in [1.82, 2.24) is 10.2 Å². The number of alkyl carbamates (subject to hydrolysis) is 1. The van der Waals surface area contributed by atoms with E-state index in [1.807, 2.05) is 62.1 Å². The molecule has 33 heavy (non-hydrogen) atoms. The van der Waals surface area contributed by atoms with Crippen molar-refractivity contribution in [3.63, 3.8) is 0 Å². The van der Waals surface area contributed by atoms with E-state index in [0.717, 1.165) is 15.6 Å². The zero-order valence-electron chi connectivity index (χ0n) is 19.7. The van der Waals surface area contributed by atoms with E-state index in [1.54, 1.807) is 14.2 Å². The molecular weight excluding hydrogens is 488 g/mol. The largest absolute Gasteiger partial charge is 0.493 e. The average molecular weight is 519 g/mol. The van der Waals surface area contributed by atoms with Gasteiger partial charge in [0.25, 0.3) is 5.91 Å². The summed E-state index contributed by atoms with van der Waals surface area (Å²) < 4.78 is 17.1. The molecule has 7 nitrogen and oxygen atoms in total. The Morgan fingerprint density at radius 1 is 1.15 bits per heavy atom. The van der Waals surface area contributed by atoms with Gasteiger partial charge in [-0.25, -0.2) is 4.79 Å². The maximum absolute atomic E-state index is 13.3. The summed E-state index contributed by atoms with van der Waals surface area (Å²) in [5, 5.41) is 2.80. The molecule has 1 N–H and O–H groups in total. The third-order valence-electron chi connectivity index (χ3n) is 5.43. The lowest BCUT2D eigenvalue weighted by Gasteiger charge is -2.29. The van der Waals surface area contributed by atoms with E-state index in [4.69, 9.17) is 14.2 Å². The van der Waals surface area contributed by atoms with E-state index in [2.05, 4.69) is 21.2 Å². The van der Waals surface area contributed by atoms with Crippen LogP contribution in [0.1, 0.15) is 61.1 Å². The third-order valence-corrected chi connectivity index (χ3v) is 6.17. The van der Waals surface area contributed by atoms with Gasteiger partial charge in [0.15, 0.2) is 11.5 Å². The van der Waals surface area contributed by atoms with E-state index in [9.17, 15) is 9.59 Å². The number of halogens is 1. The highest BCUT2D eigenvalue weighted by molar-refractivity contribution is 9.10. The van der Waals surface area contributed by atoms with Gasteiger partial charge in [-0.2, -0.15) is 0 Å². The van der Waals surface area contributed by atoms with Gasteiger partial charge < -0.3 is 24.4 Å². The van der Waals surface area contributed by atoms with Crippen molar-refractivity contribution in [3.05, 3.63) is 57.6 Å². The Morgan fingerprint density at radius 2 is 1.88 bits per heavy atom. The first-order valence-electron chi connectivity index (χ1n) is 10.9. The minimum absolute atomic E-state index is 0.00816. The molecule has 0 spiro atoms. The minimum Gasteiger partial charge on any atom is -0.493 e. The van der Waals surface area contributed by atoms with Crippen LogP contribution in [-0.4, -0.2) is 43.3 Å². The lowest BCUT2D eigenvalue weighted by Crippen LogP contribution is -2.34. The number of ether oxygens (including phenoxy) is 3. The summed E-state index contributed by atoms with van der Waals surface area (Å²) in [5.41, 5.74) is 2.09. The number of hydrogen-bond acceptors (Lipinski definition) is 5. The lowest BCUT2D eigenvalue weighted by atomic mass is 9.99. The average Bonchev–Trinajstić information content (AvgIpc) is 3.10. The van der Waals surface area contributed by atoms with Crippen molar-refractivity contribution in [2.75, 3.05) is 20.8 Å². The molecule has 0 bridgehead atoms. The van der Waals surface area contributed by atoms with Gasteiger partial charge in [0.05, 0.1) is 20.3 Å². The number of hydrogen-bond donors (Lipinski definition) is 1. The molecule has 0 radical (unpaired) electrons. The first-order valence-corrected chi connectivity index (χ1v) is 11.7. The molecule has 0 saturated heterocycles. The molecular formula is C25H31BrN2O5. The van der Waals surface area contributed by atoms with Crippen LogP contribution in [-0.2, 0) is 11.3 Å². The smallest absolute Gasteiger partial charge is 0.407 e. The number of carbonyl (C=O) groups excluding carboxylic acids is 2. The Bertz CT molecular complexity index is 1020. The van der Waals surface area contributed by atoms with Gasteiger partial charge in [0.1, 0.15) is 5.60 Å². The normalized spacial score (nSPS) is 14.0. The van der Waals surface area contributed by atoms with Crippen molar-refractivity contribution < 1.29 is 23.8 Å². The maximum atomic E-state index is 13.3. The number of benzene rings is 2. The highest BCUT2D eigenvalue weighted by Gasteiger charge is 2.34. The van der Waals surface area contributed by atoms with E-state index < -0.39 is 11.7 Å². The van der Waals surface area contributed by atoms with Crippen LogP contribution in [0.2, 0.25) is 0 Å². The van der Waals surface area contributed by atoms with Crippen LogP contribution in [0.5, 0.6) is 11.5 Å². The standard InChI is InChI=1S/C25H31BrN2O5/c1-25(2,3)33-24(30)27-13-7-10-20(16-11-12-21(31-4)22(14-16)32-5)28-15-18-17(23(28)29)8-6-9-19(18)26/h6,8-9,11-12,14,20H,7,10,13,15H2,1-5H3,(H,27,30)/t20-/m1/s1. The summed E-state index contributed by atoms with van der Waals surface area (Å²) >= 11 is 3.58. The predicted octanol–water partition coefficient (Wildman–Crippen LogP) is 5.47. The summed E-state index contributed by atoms with van der Waals surface area (Å²) in [6.45, 7) is 6.43. The summed E-state index contributed by atoms with van der Waals surface area (Å²) in [5.74, 6) is 1.23. The van der Waals surface area contributed by atoms with Crippen LogP contribution in [0.15, 0.2) is 40.9 Å². The first kappa shape index (κ1) is 24.9. The molecule has 0 aromatic heterocycles. The highest BCUT2D eigenvalue weighted by atomic mass is 79.9. The van der Waals surface area contributed by atoms with E-state index in [1.165, 1.54) is 0 Å². The fourth-order valence-electron chi connectivity index (χ4n) is 3.93. The molecule has 1 aliphatic heterocycles. The summed E-state index contributed by atoms with van der Waals surface area (Å²) in [6, 6.07) is 11.2. The molecule has 0 saturated carbocycles. The SMILES string of the molecule is COc1ccc([C@@H](CCCNC(=O)OC(C)(C)C)N2Cc3c(Br)cccc3C2=O)cc1OC. The van der Waals surface area contributed by atoms with Gasteiger partial charge >= 0.3 is 6.09 Å². The monoisotopic (exact) mass is 518 g/mol. The number of carbonyl (C=O) groups is 2. The van der Waals surface area contributed by atoms with E-state index in [0.29, 0.717) is 43.0 Å². The first-order chi connectivity index (χ1) is 15.6. The number of fused-ring (bicyclic) bond motifs is 1. The van der Waals surface area contributed by atoms with Crippen LogP contribution in [0, 0.1) is 0 Å². The molecule has 0 unspecified atom stereocenters. The fraction of sp³-hybridized carbons (Fsp3) is 0.440. The van der Waals surface area contributed by atoms with Crippen molar-refractivity contribution >= 4 is 27.9 Å². The number of amides is 2. The maximum Gasteiger partial charge on any atom is 0.407 e. The second-order valence-corrected chi connectivity index (χ2v) is 9.75. The van der Waals surface area contributed by atoms with E-state index in [-0.39, 0.29) is 11.9 Å². The van der Waals surface area contributed by atoms with Crippen LogP contribution < -0.4 is 14.8 Å². The molecule has 178 valence electrons. The summed E-state index contributed by atoms with van der Waals surface area (Å²) in [7, 11) is 3.19. The zero-order valence-corrected chi connectivity index (χ0v) is 21.3. The van der Waals surface area contributed by atoms with Gasteiger partial charge in [-0.15, -0.1) is 0 Å². The second kappa shape index (κ2) is 10.5. The molecule has 0 fully saturated rings. The van der Waals surface area contributed by atoms with Gasteiger partial charge in [0, 0.05) is 23.1 Å². The van der Waals surface area contributed by atoms with Crippen molar-refractivity contribution in [1.29, 1.82) is 0 Å². The zero-order chi connectivity index (χ0) is 24.2. The second-order valence-electron chi connectivity index (χ2n) is 8.90. The van der Waals surface area contributed by atoms with Gasteiger partial charge in [0.2, 0.25) is 0 Å². The molecule has 3 rings (SSSR count). The molecule has 2 aromatic rings. The van der Waals surface area contributed by atoms with E-state index >= 15 is 0 Å². The summed E-state index contributed by atoms with van der Waals surface area (Å²) in [6.07, 6.45) is 0.876. The molecule has 1 atom stereocenters. The Morgan fingerprint density at radius 3 is 2.52 bits per heavy atom. The topological polar surface area (TPSA) is 77.1 Å². The Hall–Kier alpha value is -2.74. The number of nitrogens with zero attached hydrogens (tertiary/aromatic N) is 1. The number of methoxy groups -OCH3 is 2. The highest BCUT2D eigenvalue weighted by Crippen LogP contribution is 2.39. The Kier molecular flexibility index (Phi) is 7.89. The molecule has 8 heteroatoms. The van der Waals surface area contributed by atoms with Crippen molar-refractivity contribution in [2.45, 2.75) is 51.8 Å². The summed E-state index contributed by atoms with van der Waals surface area (Å²) in [4.78, 5) is 27.2. The van der Waals surface area contributed by atoms with Crippen LogP contribution in [0.4, 0.5) is 4.79 Å². The van der Waals surface area contributed by atoms with Gasteiger partial charge in [-0.05, 0) is 69.0 Å². The van der Waals surface area contributed by atoms with Crippen molar-refractivity contribution in [3.8, 4) is 11.5 Å². The fourth-order valence-corrected chi connectivity index (χ4v) is 4.42. The molecule has 0 aliphatic carbocycles. The van der Waals surface area contributed by atoms with Gasteiger partial charge in [-0.1, -0.05) is 28.1 Å².